The zero-order valence-electron chi connectivity index (χ0n) is 17.0. The molecule has 3 aromatic rings. The molecule has 0 aliphatic heterocycles. The van der Waals surface area contributed by atoms with Gasteiger partial charge in [0.05, 0.1) is 23.2 Å². The number of rotatable bonds is 9. The maximum Gasteiger partial charge on any atom is 0.269 e. The molecule has 1 heterocycles. The van der Waals surface area contributed by atoms with Crippen molar-refractivity contribution in [2.24, 2.45) is 0 Å². The Kier molecular flexibility index (Phi) is 6.85. The normalized spacial score (nSPS) is 11.0. The summed E-state index contributed by atoms with van der Waals surface area (Å²) in [5, 5.41) is 24.3. The molecule has 0 saturated carbocycles. The summed E-state index contributed by atoms with van der Waals surface area (Å²) in [4.78, 5) is 19.1. The Morgan fingerprint density at radius 2 is 1.80 bits per heavy atom. The number of nitro benzene ring substituents is 1. The van der Waals surface area contributed by atoms with Gasteiger partial charge in [-0.3, -0.25) is 15.0 Å². The van der Waals surface area contributed by atoms with E-state index in [2.05, 4.69) is 26.0 Å². The van der Waals surface area contributed by atoms with Crippen molar-refractivity contribution in [3.05, 3.63) is 76.1 Å². The van der Waals surface area contributed by atoms with Gasteiger partial charge in [-0.2, -0.15) is 5.26 Å². The molecule has 0 spiro atoms. The molecule has 0 radical (unpaired) electrons. The van der Waals surface area contributed by atoms with Crippen LogP contribution in [0.25, 0.3) is 11.4 Å². The van der Waals surface area contributed by atoms with Crippen LogP contribution in [0.3, 0.4) is 0 Å². The summed E-state index contributed by atoms with van der Waals surface area (Å²) in [7, 11) is 4.06. The van der Waals surface area contributed by atoms with Crippen LogP contribution in [0.15, 0.2) is 54.9 Å². The smallest absolute Gasteiger partial charge is 0.269 e. The van der Waals surface area contributed by atoms with Crippen LogP contribution in [0, 0.1) is 21.4 Å². The third kappa shape index (κ3) is 5.70. The van der Waals surface area contributed by atoms with E-state index in [0.717, 1.165) is 24.2 Å². The molecule has 0 bridgehead atoms. The quantitative estimate of drug-likeness (QED) is 0.398. The Morgan fingerprint density at radius 1 is 1.10 bits per heavy atom. The summed E-state index contributed by atoms with van der Waals surface area (Å²) >= 11 is 0. The monoisotopic (exact) mass is 405 g/mol. The molecule has 2 aromatic carbocycles. The number of benzene rings is 2. The summed E-state index contributed by atoms with van der Waals surface area (Å²) in [6.45, 7) is 2.99. The van der Waals surface area contributed by atoms with Crippen LogP contribution < -0.4 is 0 Å². The molecular formula is C21H23N7O2. The van der Waals surface area contributed by atoms with Gasteiger partial charge >= 0.3 is 0 Å². The molecule has 0 amide bonds. The molecule has 0 unspecified atom stereocenters. The van der Waals surface area contributed by atoms with Gasteiger partial charge in [0.1, 0.15) is 6.33 Å². The molecule has 0 fully saturated rings. The Morgan fingerprint density at radius 3 is 2.40 bits per heavy atom. The first kappa shape index (κ1) is 21.1. The van der Waals surface area contributed by atoms with E-state index in [-0.39, 0.29) is 5.69 Å². The SMILES string of the molecule is CN(C)CCN(Cc1ccc(C#N)cc1)Cn1cnc(-c2ccc([N+](=O)[O-])cc2)n1. The van der Waals surface area contributed by atoms with Gasteiger partial charge < -0.3 is 4.90 Å². The van der Waals surface area contributed by atoms with Crippen LogP contribution in [0.4, 0.5) is 5.69 Å². The van der Waals surface area contributed by atoms with Crippen LogP contribution >= 0.6 is 0 Å². The van der Waals surface area contributed by atoms with Crippen molar-refractivity contribution in [2.45, 2.75) is 13.2 Å². The Labute approximate surface area is 174 Å². The molecule has 0 atom stereocenters. The first-order chi connectivity index (χ1) is 14.4. The van der Waals surface area contributed by atoms with E-state index in [1.807, 2.05) is 38.4 Å². The van der Waals surface area contributed by atoms with E-state index in [1.165, 1.54) is 12.1 Å². The summed E-state index contributed by atoms with van der Waals surface area (Å²) in [5.41, 5.74) is 2.52. The average molecular weight is 405 g/mol. The van der Waals surface area contributed by atoms with Crippen molar-refractivity contribution >= 4 is 5.69 Å². The second-order valence-electron chi connectivity index (χ2n) is 7.22. The zero-order valence-corrected chi connectivity index (χ0v) is 17.0. The first-order valence-corrected chi connectivity index (χ1v) is 9.45. The molecule has 0 aliphatic rings. The van der Waals surface area contributed by atoms with Crippen molar-refractivity contribution in [1.29, 1.82) is 5.26 Å². The second-order valence-corrected chi connectivity index (χ2v) is 7.22. The summed E-state index contributed by atoms with van der Waals surface area (Å²) < 4.78 is 1.76. The predicted octanol–water partition coefficient (Wildman–Crippen LogP) is 2.75. The van der Waals surface area contributed by atoms with Crippen LogP contribution in [0.1, 0.15) is 11.1 Å². The van der Waals surface area contributed by atoms with Crippen molar-refractivity contribution in [3.63, 3.8) is 0 Å². The van der Waals surface area contributed by atoms with Crippen LogP contribution in [-0.2, 0) is 13.2 Å². The maximum atomic E-state index is 10.8. The fraction of sp³-hybridized carbons (Fsp3) is 0.286. The van der Waals surface area contributed by atoms with Crippen LogP contribution in [-0.4, -0.2) is 56.7 Å². The predicted molar refractivity (Wildman–Crippen MR) is 112 cm³/mol. The molecule has 0 aliphatic carbocycles. The number of nitriles is 1. The fourth-order valence-corrected chi connectivity index (χ4v) is 2.92. The topological polar surface area (TPSA) is 104 Å². The number of aromatic nitrogens is 3. The van der Waals surface area contributed by atoms with Gasteiger partial charge in [-0.25, -0.2) is 9.67 Å². The molecule has 1 aromatic heterocycles. The highest BCUT2D eigenvalue weighted by Gasteiger charge is 2.12. The van der Waals surface area contributed by atoms with Gasteiger partial charge in [0.2, 0.25) is 0 Å². The lowest BCUT2D eigenvalue weighted by Gasteiger charge is -2.24. The minimum absolute atomic E-state index is 0.0375. The molecule has 3 rings (SSSR count). The lowest BCUT2D eigenvalue weighted by molar-refractivity contribution is -0.384. The van der Waals surface area contributed by atoms with Crippen molar-refractivity contribution in [1.82, 2.24) is 24.6 Å². The van der Waals surface area contributed by atoms with Gasteiger partial charge in [0, 0.05) is 37.3 Å². The van der Waals surface area contributed by atoms with Gasteiger partial charge in [0.15, 0.2) is 5.82 Å². The molecule has 0 saturated heterocycles. The standard InChI is InChI=1S/C21H23N7O2/c1-25(2)11-12-26(14-18-5-3-17(13-22)4-6-18)16-27-15-23-21(24-27)19-7-9-20(10-8-19)28(29)30/h3-10,15H,11-12,14,16H2,1-2H3. The highest BCUT2D eigenvalue weighted by molar-refractivity contribution is 5.56. The van der Waals surface area contributed by atoms with E-state index in [4.69, 9.17) is 5.26 Å². The number of nitrogens with zero attached hydrogens (tertiary/aromatic N) is 7. The highest BCUT2D eigenvalue weighted by atomic mass is 16.6. The second kappa shape index (κ2) is 9.73. The number of nitro groups is 1. The fourth-order valence-electron chi connectivity index (χ4n) is 2.92. The van der Waals surface area contributed by atoms with E-state index in [0.29, 0.717) is 24.6 Å². The van der Waals surface area contributed by atoms with Crippen molar-refractivity contribution in [3.8, 4) is 17.5 Å². The number of hydrogen-bond donors (Lipinski definition) is 0. The third-order valence-corrected chi connectivity index (χ3v) is 4.57. The van der Waals surface area contributed by atoms with E-state index >= 15 is 0 Å². The summed E-state index contributed by atoms with van der Waals surface area (Å²) in [6, 6.07) is 15.9. The molecule has 9 nitrogen and oxygen atoms in total. The van der Waals surface area contributed by atoms with E-state index < -0.39 is 4.92 Å². The first-order valence-electron chi connectivity index (χ1n) is 9.45. The summed E-state index contributed by atoms with van der Waals surface area (Å²) in [5.74, 6) is 0.524. The van der Waals surface area contributed by atoms with E-state index in [1.54, 1.807) is 23.1 Å². The number of likely N-dealkylation sites (N-methyl/N-ethyl adjacent to an activating group) is 1. The number of non-ortho nitro benzene ring substituents is 1. The molecule has 9 heteroatoms. The lowest BCUT2D eigenvalue weighted by Crippen LogP contribution is -2.33. The van der Waals surface area contributed by atoms with Gasteiger partial charge in [-0.1, -0.05) is 12.1 Å². The van der Waals surface area contributed by atoms with Crippen LogP contribution in [0.2, 0.25) is 0 Å². The van der Waals surface area contributed by atoms with E-state index in [9.17, 15) is 10.1 Å². The van der Waals surface area contributed by atoms with Crippen molar-refractivity contribution in [2.75, 3.05) is 27.2 Å². The average Bonchev–Trinajstić information content (AvgIpc) is 3.21. The molecule has 154 valence electrons. The highest BCUT2D eigenvalue weighted by Crippen LogP contribution is 2.19. The zero-order chi connectivity index (χ0) is 21.5. The molecule has 30 heavy (non-hydrogen) atoms. The van der Waals surface area contributed by atoms with Gasteiger partial charge in [0.25, 0.3) is 5.69 Å². The van der Waals surface area contributed by atoms with Crippen molar-refractivity contribution < 1.29 is 4.92 Å². The number of hydrogen-bond acceptors (Lipinski definition) is 7. The maximum absolute atomic E-state index is 10.8. The van der Waals surface area contributed by atoms with Crippen LogP contribution in [0.5, 0.6) is 0 Å². The third-order valence-electron chi connectivity index (χ3n) is 4.57. The Balaban J connectivity index is 1.72. The minimum Gasteiger partial charge on any atom is -0.308 e. The largest absolute Gasteiger partial charge is 0.308 e. The Bertz CT molecular complexity index is 1020. The van der Waals surface area contributed by atoms with Gasteiger partial charge in [-0.15, -0.1) is 5.10 Å². The minimum atomic E-state index is -0.429. The molecule has 0 N–H and O–H groups in total. The Hall–Kier alpha value is -3.61. The van der Waals surface area contributed by atoms with Gasteiger partial charge in [-0.05, 0) is 43.9 Å². The lowest BCUT2D eigenvalue weighted by atomic mass is 10.1. The molecular weight excluding hydrogens is 382 g/mol. The summed E-state index contributed by atoms with van der Waals surface area (Å²) in [6.07, 6.45) is 1.66.